The zero-order chi connectivity index (χ0) is 13.3. The first-order chi connectivity index (χ1) is 8.49. The van der Waals surface area contributed by atoms with Gasteiger partial charge >= 0.3 is 0 Å². The number of nitrogen functional groups attached to an aromatic ring is 1. The van der Waals surface area contributed by atoms with Gasteiger partial charge in [-0.1, -0.05) is 0 Å². The fraction of sp³-hybridized carbons (Fsp3) is 0.385. The maximum absolute atomic E-state index is 5.82. The van der Waals surface area contributed by atoms with Gasteiger partial charge in [-0.05, 0) is 44.0 Å². The highest BCUT2D eigenvalue weighted by molar-refractivity contribution is 5.52. The Labute approximate surface area is 107 Å². The Morgan fingerprint density at radius 3 is 2.28 bits per heavy atom. The van der Waals surface area contributed by atoms with E-state index in [9.17, 15) is 0 Å². The first-order valence-electron chi connectivity index (χ1n) is 5.83. The molecule has 0 bridgehead atoms. The lowest BCUT2D eigenvalue weighted by Gasteiger charge is -2.12. The van der Waals surface area contributed by atoms with Crippen LogP contribution in [0.3, 0.4) is 0 Å². The Hall–Kier alpha value is -2.04. The van der Waals surface area contributed by atoms with Gasteiger partial charge in [0, 0.05) is 12.7 Å². The average molecular weight is 246 g/mol. The predicted molar refractivity (Wildman–Crippen MR) is 70.4 cm³/mol. The third-order valence-electron chi connectivity index (χ3n) is 3.01. The number of rotatable bonds is 3. The molecule has 2 N–H and O–H groups in total. The number of nitrogens with two attached hydrogens (primary N) is 1. The Balaban J connectivity index is 2.18. The van der Waals surface area contributed by atoms with Crippen LogP contribution in [0.2, 0.25) is 0 Å². The predicted octanol–water partition coefficient (Wildman–Crippen LogP) is 1.90. The van der Waals surface area contributed by atoms with Gasteiger partial charge in [-0.15, -0.1) is 10.2 Å². The fourth-order valence-corrected chi connectivity index (χ4v) is 1.92. The van der Waals surface area contributed by atoms with Gasteiger partial charge < -0.3 is 15.0 Å². The van der Waals surface area contributed by atoms with Crippen LogP contribution in [-0.4, -0.2) is 14.8 Å². The van der Waals surface area contributed by atoms with Crippen molar-refractivity contribution in [3.63, 3.8) is 0 Å². The van der Waals surface area contributed by atoms with Crippen molar-refractivity contribution < 1.29 is 4.74 Å². The number of aromatic nitrogens is 3. The monoisotopic (exact) mass is 246 g/mol. The van der Waals surface area contributed by atoms with Crippen molar-refractivity contribution >= 4 is 5.69 Å². The maximum Gasteiger partial charge on any atom is 0.170 e. The number of anilines is 1. The van der Waals surface area contributed by atoms with Gasteiger partial charge in [0.1, 0.15) is 18.2 Å². The molecule has 0 aliphatic heterocycles. The van der Waals surface area contributed by atoms with Crippen LogP contribution < -0.4 is 10.5 Å². The minimum atomic E-state index is 0.406. The summed E-state index contributed by atoms with van der Waals surface area (Å²) >= 11 is 0. The molecule has 0 unspecified atom stereocenters. The first kappa shape index (κ1) is 12.4. The van der Waals surface area contributed by atoms with Crippen molar-refractivity contribution in [1.29, 1.82) is 0 Å². The molecule has 5 heteroatoms. The number of benzene rings is 1. The van der Waals surface area contributed by atoms with Crippen LogP contribution in [0.25, 0.3) is 0 Å². The second kappa shape index (κ2) is 4.68. The highest BCUT2D eigenvalue weighted by Crippen LogP contribution is 2.26. The van der Waals surface area contributed by atoms with Crippen LogP contribution >= 0.6 is 0 Å². The quantitative estimate of drug-likeness (QED) is 0.840. The molecule has 0 atom stereocenters. The summed E-state index contributed by atoms with van der Waals surface area (Å²) in [4.78, 5) is 0. The molecule has 18 heavy (non-hydrogen) atoms. The van der Waals surface area contributed by atoms with Crippen molar-refractivity contribution in [2.75, 3.05) is 5.73 Å². The third-order valence-corrected chi connectivity index (χ3v) is 3.01. The van der Waals surface area contributed by atoms with Crippen LogP contribution in [0, 0.1) is 20.8 Å². The summed E-state index contributed by atoms with van der Waals surface area (Å²) in [5.74, 6) is 2.55. The molecule has 1 aromatic carbocycles. The first-order valence-corrected chi connectivity index (χ1v) is 5.83. The van der Waals surface area contributed by atoms with E-state index in [1.165, 1.54) is 0 Å². The summed E-state index contributed by atoms with van der Waals surface area (Å²) in [5, 5.41) is 8.07. The van der Waals surface area contributed by atoms with E-state index < -0.39 is 0 Å². The molecular formula is C13H18N4O. The Kier molecular flexibility index (Phi) is 3.23. The lowest BCUT2D eigenvalue weighted by Crippen LogP contribution is -2.06. The molecule has 0 amide bonds. The van der Waals surface area contributed by atoms with E-state index in [0.717, 1.165) is 34.2 Å². The number of hydrogen-bond donors (Lipinski definition) is 1. The van der Waals surface area contributed by atoms with Gasteiger partial charge in [0.05, 0.1) is 0 Å². The van der Waals surface area contributed by atoms with Crippen LogP contribution in [0.4, 0.5) is 5.69 Å². The molecule has 0 aliphatic rings. The van der Waals surface area contributed by atoms with Gasteiger partial charge in [0.25, 0.3) is 0 Å². The number of nitrogens with zero attached hydrogens (tertiary/aromatic N) is 3. The van der Waals surface area contributed by atoms with E-state index in [2.05, 4.69) is 10.2 Å². The third kappa shape index (κ3) is 2.30. The Morgan fingerprint density at radius 1 is 1.17 bits per heavy atom. The molecule has 96 valence electrons. The fourth-order valence-electron chi connectivity index (χ4n) is 1.92. The van der Waals surface area contributed by atoms with E-state index in [1.807, 2.05) is 44.5 Å². The van der Waals surface area contributed by atoms with Crippen molar-refractivity contribution in [3.8, 4) is 5.75 Å². The minimum Gasteiger partial charge on any atom is -0.485 e. The summed E-state index contributed by atoms with van der Waals surface area (Å²) < 4.78 is 7.74. The van der Waals surface area contributed by atoms with Crippen molar-refractivity contribution in [2.24, 2.45) is 7.05 Å². The van der Waals surface area contributed by atoms with Crippen LogP contribution in [0.5, 0.6) is 5.75 Å². The molecule has 0 aliphatic carbocycles. The normalized spacial score (nSPS) is 10.7. The van der Waals surface area contributed by atoms with E-state index in [0.29, 0.717) is 6.61 Å². The minimum absolute atomic E-state index is 0.406. The Morgan fingerprint density at radius 2 is 1.78 bits per heavy atom. The molecule has 2 aromatic rings. The van der Waals surface area contributed by atoms with Gasteiger partial charge in [0.15, 0.2) is 5.82 Å². The zero-order valence-electron chi connectivity index (χ0n) is 11.2. The van der Waals surface area contributed by atoms with Crippen LogP contribution in [0.15, 0.2) is 12.1 Å². The molecular weight excluding hydrogens is 228 g/mol. The summed E-state index contributed by atoms with van der Waals surface area (Å²) in [6.07, 6.45) is 0. The summed E-state index contributed by atoms with van der Waals surface area (Å²) in [6.45, 7) is 6.29. The number of hydrogen-bond acceptors (Lipinski definition) is 4. The lowest BCUT2D eigenvalue weighted by molar-refractivity contribution is 0.287. The van der Waals surface area contributed by atoms with E-state index in [-0.39, 0.29) is 0 Å². The van der Waals surface area contributed by atoms with Crippen molar-refractivity contribution in [3.05, 3.63) is 34.9 Å². The highest BCUT2D eigenvalue weighted by Gasteiger charge is 2.09. The molecule has 1 aromatic heterocycles. The Bertz CT molecular complexity index is 551. The smallest absolute Gasteiger partial charge is 0.170 e. The highest BCUT2D eigenvalue weighted by atomic mass is 16.5. The molecule has 0 spiro atoms. The van der Waals surface area contributed by atoms with Crippen LogP contribution in [-0.2, 0) is 13.7 Å². The number of ether oxygens (including phenoxy) is 1. The van der Waals surface area contributed by atoms with E-state index in [4.69, 9.17) is 10.5 Å². The molecule has 0 radical (unpaired) electrons. The second-order valence-electron chi connectivity index (χ2n) is 4.49. The van der Waals surface area contributed by atoms with E-state index >= 15 is 0 Å². The summed E-state index contributed by atoms with van der Waals surface area (Å²) in [5.41, 5.74) is 8.60. The summed E-state index contributed by atoms with van der Waals surface area (Å²) in [7, 11) is 1.93. The SMILES string of the molecule is Cc1cc(N)cc(C)c1OCc1nnc(C)n1C. The molecule has 5 nitrogen and oxygen atoms in total. The maximum atomic E-state index is 5.82. The van der Waals surface area contributed by atoms with Crippen molar-refractivity contribution in [2.45, 2.75) is 27.4 Å². The molecule has 0 saturated carbocycles. The second-order valence-corrected chi connectivity index (χ2v) is 4.49. The average Bonchev–Trinajstić information content (AvgIpc) is 2.59. The molecule has 1 heterocycles. The standard InChI is InChI=1S/C13H18N4O/c1-8-5-11(14)6-9(2)13(8)18-7-12-16-15-10(3)17(12)4/h5-6H,7,14H2,1-4H3. The molecule has 0 fully saturated rings. The molecule has 2 rings (SSSR count). The topological polar surface area (TPSA) is 66.0 Å². The van der Waals surface area contributed by atoms with E-state index in [1.54, 1.807) is 0 Å². The van der Waals surface area contributed by atoms with Crippen LogP contribution in [0.1, 0.15) is 22.8 Å². The van der Waals surface area contributed by atoms with Gasteiger partial charge in [-0.25, -0.2) is 0 Å². The van der Waals surface area contributed by atoms with Gasteiger partial charge in [0.2, 0.25) is 0 Å². The largest absolute Gasteiger partial charge is 0.485 e. The lowest BCUT2D eigenvalue weighted by atomic mass is 10.1. The van der Waals surface area contributed by atoms with Gasteiger partial charge in [-0.3, -0.25) is 0 Å². The summed E-state index contributed by atoms with van der Waals surface area (Å²) in [6, 6.07) is 3.81. The van der Waals surface area contributed by atoms with Crippen molar-refractivity contribution in [1.82, 2.24) is 14.8 Å². The molecule has 0 saturated heterocycles. The zero-order valence-corrected chi connectivity index (χ0v) is 11.2. The number of aryl methyl sites for hydroxylation is 3. The van der Waals surface area contributed by atoms with Gasteiger partial charge in [-0.2, -0.15) is 0 Å².